The van der Waals surface area contributed by atoms with E-state index in [0.29, 0.717) is 0 Å². The molecule has 1 rings (SSSR count). The summed E-state index contributed by atoms with van der Waals surface area (Å²) in [7, 11) is 0. The van der Waals surface area contributed by atoms with Gasteiger partial charge in [0.1, 0.15) is 5.82 Å². The summed E-state index contributed by atoms with van der Waals surface area (Å²) in [6.07, 6.45) is -0.216. The number of carbonyl (C=O) groups is 1. The van der Waals surface area contributed by atoms with Crippen LogP contribution in [-0.2, 0) is 4.79 Å². The van der Waals surface area contributed by atoms with E-state index in [4.69, 9.17) is 9.84 Å². The molecule has 88 valence electrons. The summed E-state index contributed by atoms with van der Waals surface area (Å²) >= 11 is 0. The van der Waals surface area contributed by atoms with Gasteiger partial charge in [-0.15, -0.1) is 0 Å². The Balaban J connectivity index is 2.55. The first-order chi connectivity index (χ1) is 7.49. The molecule has 0 aliphatic carbocycles. The molecule has 5 heteroatoms. The van der Waals surface area contributed by atoms with Crippen LogP contribution in [0.3, 0.4) is 0 Å². The van der Waals surface area contributed by atoms with Gasteiger partial charge in [0, 0.05) is 12.5 Å². The number of halogens is 2. The van der Waals surface area contributed by atoms with Gasteiger partial charge in [0.2, 0.25) is 0 Å². The van der Waals surface area contributed by atoms with Crippen LogP contribution in [0.25, 0.3) is 0 Å². The predicted molar refractivity (Wildman–Crippen MR) is 53.3 cm³/mol. The average Bonchev–Trinajstić information content (AvgIpc) is 2.19. The largest absolute Gasteiger partial charge is 0.488 e. The maximum atomic E-state index is 13.1. The van der Waals surface area contributed by atoms with Gasteiger partial charge >= 0.3 is 5.97 Å². The fraction of sp³-hybridized carbons (Fsp3) is 0.364. The molecule has 0 saturated carbocycles. The molecule has 0 radical (unpaired) electrons. The lowest BCUT2D eigenvalue weighted by Crippen LogP contribution is -2.14. The van der Waals surface area contributed by atoms with Crippen LogP contribution >= 0.6 is 0 Å². The highest BCUT2D eigenvalue weighted by atomic mass is 19.1. The lowest BCUT2D eigenvalue weighted by molar-refractivity contribution is -0.137. The smallest absolute Gasteiger partial charge is 0.303 e. The molecule has 0 bridgehead atoms. The maximum Gasteiger partial charge on any atom is 0.303 e. The molecular weight excluding hydrogens is 218 g/mol. The first-order valence-corrected chi connectivity index (χ1v) is 4.82. The van der Waals surface area contributed by atoms with Crippen molar-refractivity contribution in [2.24, 2.45) is 0 Å². The van der Waals surface area contributed by atoms with Gasteiger partial charge in [-0.05, 0) is 25.5 Å². The van der Waals surface area contributed by atoms with Crippen LogP contribution in [0.1, 0.15) is 19.8 Å². The summed E-state index contributed by atoms with van der Waals surface area (Å²) in [5.41, 5.74) is 0. The van der Waals surface area contributed by atoms with Crippen molar-refractivity contribution in [1.29, 1.82) is 0 Å². The van der Waals surface area contributed by atoms with Crippen LogP contribution in [0.2, 0.25) is 0 Å². The third kappa shape index (κ3) is 3.84. The molecule has 0 aliphatic heterocycles. The molecule has 0 aromatic heterocycles. The second-order valence-electron chi connectivity index (χ2n) is 3.44. The van der Waals surface area contributed by atoms with Crippen molar-refractivity contribution >= 4 is 5.97 Å². The number of aliphatic carboxylic acids is 1. The van der Waals surface area contributed by atoms with Crippen molar-refractivity contribution in [3.05, 3.63) is 29.8 Å². The molecule has 1 atom stereocenters. The lowest BCUT2D eigenvalue weighted by Gasteiger charge is -2.14. The van der Waals surface area contributed by atoms with Crippen molar-refractivity contribution in [2.75, 3.05) is 0 Å². The highest BCUT2D eigenvalue weighted by molar-refractivity contribution is 5.66. The van der Waals surface area contributed by atoms with Crippen LogP contribution in [0.15, 0.2) is 18.2 Å². The fourth-order valence-electron chi connectivity index (χ4n) is 1.17. The van der Waals surface area contributed by atoms with Crippen LogP contribution < -0.4 is 4.74 Å². The summed E-state index contributed by atoms with van der Waals surface area (Å²) < 4.78 is 30.8. The van der Waals surface area contributed by atoms with E-state index in [1.165, 1.54) is 6.07 Å². The maximum absolute atomic E-state index is 13.1. The van der Waals surface area contributed by atoms with Gasteiger partial charge in [-0.1, -0.05) is 0 Å². The average molecular weight is 230 g/mol. The Morgan fingerprint density at radius 1 is 1.50 bits per heavy atom. The van der Waals surface area contributed by atoms with Gasteiger partial charge in [0.05, 0.1) is 6.10 Å². The summed E-state index contributed by atoms with van der Waals surface area (Å²) in [6, 6.07) is 2.99. The fourth-order valence-corrected chi connectivity index (χ4v) is 1.17. The van der Waals surface area contributed by atoms with E-state index >= 15 is 0 Å². The highest BCUT2D eigenvalue weighted by Gasteiger charge is 2.10. The molecule has 0 fully saturated rings. The van der Waals surface area contributed by atoms with E-state index in [9.17, 15) is 13.6 Å². The van der Waals surface area contributed by atoms with Gasteiger partial charge in [0.15, 0.2) is 11.6 Å². The van der Waals surface area contributed by atoms with E-state index in [0.717, 1.165) is 12.1 Å². The molecule has 3 nitrogen and oxygen atoms in total. The highest BCUT2D eigenvalue weighted by Crippen LogP contribution is 2.19. The summed E-state index contributed by atoms with van der Waals surface area (Å²) in [6.45, 7) is 1.63. The second-order valence-corrected chi connectivity index (χ2v) is 3.44. The first kappa shape index (κ1) is 12.4. The van der Waals surface area contributed by atoms with Crippen molar-refractivity contribution in [3.8, 4) is 5.75 Å². The Labute approximate surface area is 91.7 Å². The minimum absolute atomic E-state index is 0.0516. The molecular formula is C11H12F2O3. The van der Waals surface area contributed by atoms with E-state index in [-0.39, 0.29) is 18.6 Å². The van der Waals surface area contributed by atoms with Crippen molar-refractivity contribution in [1.82, 2.24) is 0 Å². The number of hydrogen-bond acceptors (Lipinski definition) is 2. The molecule has 0 heterocycles. The van der Waals surface area contributed by atoms with Crippen molar-refractivity contribution in [3.63, 3.8) is 0 Å². The molecule has 1 aromatic carbocycles. The molecule has 1 N–H and O–H groups in total. The zero-order chi connectivity index (χ0) is 12.1. The van der Waals surface area contributed by atoms with Gasteiger partial charge < -0.3 is 9.84 Å². The summed E-state index contributed by atoms with van der Waals surface area (Å²) in [5, 5.41) is 8.44. The zero-order valence-electron chi connectivity index (χ0n) is 8.74. The summed E-state index contributed by atoms with van der Waals surface area (Å²) in [4.78, 5) is 10.3. The van der Waals surface area contributed by atoms with Gasteiger partial charge in [0.25, 0.3) is 0 Å². The Morgan fingerprint density at radius 2 is 2.19 bits per heavy atom. The van der Waals surface area contributed by atoms with E-state index in [1.807, 2.05) is 0 Å². The Kier molecular flexibility index (Phi) is 4.22. The molecule has 0 aliphatic rings. The molecule has 0 saturated heterocycles. The number of hydrogen-bond donors (Lipinski definition) is 1. The SMILES string of the molecule is CC(CCC(=O)O)Oc1ccc(F)cc1F. The Morgan fingerprint density at radius 3 is 2.75 bits per heavy atom. The van der Waals surface area contributed by atoms with E-state index in [2.05, 4.69) is 0 Å². The van der Waals surface area contributed by atoms with Gasteiger partial charge in [-0.25, -0.2) is 8.78 Å². The lowest BCUT2D eigenvalue weighted by atomic mass is 10.2. The van der Waals surface area contributed by atoms with Gasteiger partial charge in [-0.3, -0.25) is 4.79 Å². The predicted octanol–water partition coefficient (Wildman–Crippen LogP) is 2.60. The molecule has 1 aromatic rings. The Hall–Kier alpha value is -1.65. The topological polar surface area (TPSA) is 46.5 Å². The molecule has 16 heavy (non-hydrogen) atoms. The quantitative estimate of drug-likeness (QED) is 0.845. The van der Waals surface area contributed by atoms with Crippen LogP contribution in [0.5, 0.6) is 5.75 Å². The Bertz CT molecular complexity index is 379. The standard InChI is InChI=1S/C11H12F2O3/c1-7(2-5-11(14)15)16-10-4-3-8(12)6-9(10)13/h3-4,6-7H,2,5H2,1H3,(H,14,15). The first-order valence-electron chi connectivity index (χ1n) is 4.82. The number of carboxylic acids is 1. The number of benzene rings is 1. The minimum atomic E-state index is -0.935. The molecule has 1 unspecified atom stereocenters. The monoisotopic (exact) mass is 230 g/mol. The summed E-state index contributed by atoms with van der Waals surface area (Å²) in [5.74, 6) is -2.47. The number of rotatable bonds is 5. The van der Waals surface area contributed by atoms with Crippen molar-refractivity contribution in [2.45, 2.75) is 25.9 Å². The van der Waals surface area contributed by atoms with Crippen LogP contribution in [-0.4, -0.2) is 17.2 Å². The van der Waals surface area contributed by atoms with E-state index < -0.39 is 23.7 Å². The minimum Gasteiger partial charge on any atom is -0.488 e. The van der Waals surface area contributed by atoms with Crippen LogP contribution in [0.4, 0.5) is 8.78 Å². The number of carboxylic acid groups (broad SMARTS) is 1. The number of ether oxygens (including phenoxy) is 1. The van der Waals surface area contributed by atoms with Gasteiger partial charge in [-0.2, -0.15) is 0 Å². The van der Waals surface area contributed by atoms with E-state index in [1.54, 1.807) is 6.92 Å². The normalized spacial score (nSPS) is 12.2. The zero-order valence-corrected chi connectivity index (χ0v) is 8.74. The molecule has 0 amide bonds. The molecule has 0 spiro atoms. The second kappa shape index (κ2) is 5.44. The van der Waals surface area contributed by atoms with Crippen LogP contribution in [0, 0.1) is 11.6 Å². The third-order valence-electron chi connectivity index (χ3n) is 1.99. The third-order valence-corrected chi connectivity index (χ3v) is 1.99. The van der Waals surface area contributed by atoms with Crippen molar-refractivity contribution < 1.29 is 23.4 Å².